The highest BCUT2D eigenvalue weighted by Gasteiger charge is 2.22. The number of piperidine rings is 1. The summed E-state index contributed by atoms with van der Waals surface area (Å²) in [5, 5.41) is 6.06. The number of thiophene rings is 1. The topological polar surface area (TPSA) is 86.3 Å². The summed E-state index contributed by atoms with van der Waals surface area (Å²) in [5.41, 5.74) is 6.41. The van der Waals surface area contributed by atoms with Crippen LogP contribution in [0.15, 0.2) is 30.5 Å². The zero-order chi connectivity index (χ0) is 22.8. The zero-order valence-electron chi connectivity index (χ0n) is 18.3. The predicted molar refractivity (Wildman–Crippen MR) is 126 cm³/mol. The van der Waals surface area contributed by atoms with E-state index in [9.17, 15) is 0 Å². The number of aryl methyl sites for hydroxylation is 1. The van der Waals surface area contributed by atoms with Gasteiger partial charge in [0.25, 0.3) is 0 Å². The molecule has 0 bridgehead atoms. The van der Waals surface area contributed by atoms with Crippen LogP contribution in [0.5, 0.6) is 5.75 Å². The van der Waals surface area contributed by atoms with Crippen LogP contribution in [0.25, 0.3) is 31.6 Å². The molecule has 0 saturated carbocycles. The monoisotopic (exact) mass is 455 g/mol. The number of likely N-dealkylation sites (tertiary alicyclic amines) is 1. The number of nitrogens with zero attached hydrogens (tertiary/aromatic N) is 4. The fourth-order valence-corrected chi connectivity index (χ4v) is 5.26. The minimum absolute atomic E-state index is 0.235. The van der Waals surface area contributed by atoms with E-state index in [2.05, 4.69) is 41.0 Å². The van der Waals surface area contributed by atoms with Crippen LogP contribution in [0.2, 0.25) is 0 Å². The van der Waals surface area contributed by atoms with Gasteiger partial charge < -0.3 is 15.4 Å². The SMILES string of the molecule is COc1c(-c2cc3ccc(C4CCN(C)CC4)nc3s2)cc2cn(C)nc2c1F.NC=O. The summed E-state index contributed by atoms with van der Waals surface area (Å²) in [6.07, 6.45) is 4.36. The predicted octanol–water partition coefficient (Wildman–Crippen LogP) is 3.91. The van der Waals surface area contributed by atoms with E-state index in [0.29, 0.717) is 11.4 Å². The van der Waals surface area contributed by atoms with Crippen LogP contribution in [0, 0.1) is 5.82 Å². The molecule has 0 atom stereocenters. The number of nitrogens with two attached hydrogens (primary N) is 1. The Kier molecular flexibility index (Phi) is 6.38. The highest BCUT2D eigenvalue weighted by Crippen LogP contribution is 2.42. The summed E-state index contributed by atoms with van der Waals surface area (Å²) in [4.78, 5) is 17.9. The Labute approximate surface area is 189 Å². The average molecular weight is 456 g/mol. The van der Waals surface area contributed by atoms with Crippen molar-refractivity contribution in [2.75, 3.05) is 27.2 Å². The van der Waals surface area contributed by atoms with E-state index in [-0.39, 0.29) is 12.2 Å². The van der Waals surface area contributed by atoms with Gasteiger partial charge in [0, 0.05) is 46.1 Å². The molecule has 3 aromatic heterocycles. The lowest BCUT2D eigenvalue weighted by Gasteiger charge is -2.28. The molecule has 1 aliphatic heterocycles. The van der Waals surface area contributed by atoms with Crippen LogP contribution < -0.4 is 10.5 Å². The number of carbonyl (C=O) groups is 1. The highest BCUT2D eigenvalue weighted by molar-refractivity contribution is 7.21. The molecular formula is C23H26FN5O2S. The van der Waals surface area contributed by atoms with E-state index in [1.165, 1.54) is 12.8 Å². The number of primary amides is 1. The second-order valence-electron chi connectivity index (χ2n) is 7.97. The van der Waals surface area contributed by atoms with Crippen LogP contribution in [0.1, 0.15) is 24.5 Å². The maximum Gasteiger partial charge on any atom is 0.204 e. The summed E-state index contributed by atoms with van der Waals surface area (Å²) in [6.45, 7) is 2.23. The Morgan fingerprint density at radius 3 is 2.62 bits per heavy atom. The second-order valence-corrected chi connectivity index (χ2v) is 9.00. The lowest BCUT2D eigenvalue weighted by Crippen LogP contribution is -2.29. The van der Waals surface area contributed by atoms with Gasteiger partial charge in [-0.15, -0.1) is 11.3 Å². The first-order valence-electron chi connectivity index (χ1n) is 10.4. The number of ether oxygens (including phenoxy) is 1. The number of rotatable bonds is 3. The minimum Gasteiger partial charge on any atom is -0.493 e. The molecule has 9 heteroatoms. The van der Waals surface area contributed by atoms with E-state index in [1.54, 1.807) is 23.1 Å². The summed E-state index contributed by atoms with van der Waals surface area (Å²) in [7, 11) is 5.46. The van der Waals surface area contributed by atoms with E-state index >= 15 is 4.39 Å². The molecule has 0 radical (unpaired) electrons. The largest absolute Gasteiger partial charge is 0.493 e. The quantitative estimate of drug-likeness (QED) is 0.474. The third kappa shape index (κ3) is 4.18. The standard InChI is InChI=1S/C22H23FN4OS.CH3NO/c1-26-8-6-13(7-9-26)17-5-4-14-11-18(29-22(14)24-17)16-10-15-12-27(2)25-20(15)19(23)21(16)28-3;2-1-3/h4-5,10-13H,6-9H2,1-3H3;1H,(H2,2,3). The first-order chi connectivity index (χ1) is 15.4. The zero-order valence-corrected chi connectivity index (χ0v) is 19.2. The lowest BCUT2D eigenvalue weighted by molar-refractivity contribution is -0.106. The molecule has 168 valence electrons. The maximum atomic E-state index is 15.0. The Morgan fingerprint density at radius 1 is 1.22 bits per heavy atom. The van der Waals surface area contributed by atoms with Gasteiger partial charge in [-0.1, -0.05) is 6.07 Å². The van der Waals surface area contributed by atoms with Gasteiger partial charge in [0.05, 0.1) is 7.11 Å². The van der Waals surface area contributed by atoms with Crippen LogP contribution in [0.3, 0.4) is 0 Å². The smallest absolute Gasteiger partial charge is 0.204 e. The number of hydrogen-bond acceptors (Lipinski definition) is 6. The normalized spacial score (nSPS) is 15.0. The average Bonchev–Trinajstić information content (AvgIpc) is 3.37. The van der Waals surface area contributed by atoms with Crippen molar-refractivity contribution in [1.82, 2.24) is 19.7 Å². The molecule has 1 aliphatic rings. The summed E-state index contributed by atoms with van der Waals surface area (Å²) >= 11 is 1.59. The van der Waals surface area contributed by atoms with Gasteiger partial charge in [0.1, 0.15) is 10.3 Å². The van der Waals surface area contributed by atoms with Crippen LogP contribution in [-0.2, 0) is 11.8 Å². The number of pyridine rings is 1. The number of benzene rings is 1. The number of fused-ring (bicyclic) bond motifs is 2. The number of hydrogen-bond donors (Lipinski definition) is 1. The van der Waals surface area contributed by atoms with Gasteiger partial charge in [0.2, 0.25) is 6.41 Å². The molecule has 1 amide bonds. The maximum absolute atomic E-state index is 15.0. The third-order valence-electron chi connectivity index (χ3n) is 5.82. The molecule has 1 fully saturated rings. The molecule has 0 spiro atoms. The first-order valence-corrected chi connectivity index (χ1v) is 11.2. The van der Waals surface area contributed by atoms with Crippen LogP contribution in [-0.4, -0.2) is 53.3 Å². The van der Waals surface area contributed by atoms with E-state index in [1.807, 2.05) is 12.3 Å². The molecule has 1 saturated heterocycles. The molecule has 2 N–H and O–H groups in total. The van der Waals surface area contributed by atoms with Crippen molar-refractivity contribution in [1.29, 1.82) is 0 Å². The molecule has 0 aliphatic carbocycles. The van der Waals surface area contributed by atoms with Crippen LogP contribution in [0.4, 0.5) is 4.39 Å². The number of methoxy groups -OCH3 is 1. The van der Waals surface area contributed by atoms with Crippen molar-refractivity contribution >= 4 is 38.9 Å². The number of aromatic nitrogens is 3. The molecular weight excluding hydrogens is 429 g/mol. The van der Waals surface area contributed by atoms with Gasteiger partial charge in [-0.2, -0.15) is 5.10 Å². The van der Waals surface area contributed by atoms with Gasteiger partial charge in [-0.25, -0.2) is 9.37 Å². The Balaban J connectivity index is 0.000000775. The van der Waals surface area contributed by atoms with Gasteiger partial charge in [-0.3, -0.25) is 9.48 Å². The van der Waals surface area contributed by atoms with Gasteiger partial charge in [0.15, 0.2) is 11.6 Å². The van der Waals surface area contributed by atoms with Crippen molar-refractivity contribution in [3.05, 3.63) is 42.0 Å². The number of amides is 1. The van der Waals surface area contributed by atoms with E-state index in [0.717, 1.165) is 52.0 Å². The molecule has 7 nitrogen and oxygen atoms in total. The third-order valence-corrected chi connectivity index (χ3v) is 6.90. The van der Waals surface area contributed by atoms with Crippen molar-refractivity contribution in [2.24, 2.45) is 12.8 Å². The fraction of sp³-hybridized carbons (Fsp3) is 0.348. The molecule has 1 aromatic carbocycles. The summed E-state index contributed by atoms with van der Waals surface area (Å²) < 4.78 is 22.1. The van der Waals surface area contributed by atoms with Crippen molar-refractivity contribution in [2.45, 2.75) is 18.8 Å². The van der Waals surface area contributed by atoms with Gasteiger partial charge in [-0.05, 0) is 51.2 Å². The summed E-state index contributed by atoms with van der Waals surface area (Å²) in [5.74, 6) is 0.330. The minimum atomic E-state index is -0.418. The second kappa shape index (κ2) is 9.22. The molecule has 5 rings (SSSR count). The van der Waals surface area contributed by atoms with Crippen molar-refractivity contribution in [3.63, 3.8) is 0 Å². The highest BCUT2D eigenvalue weighted by atomic mass is 32.1. The van der Waals surface area contributed by atoms with Crippen molar-refractivity contribution in [3.8, 4) is 16.2 Å². The molecule has 0 unspecified atom stereocenters. The number of halogens is 1. The van der Waals surface area contributed by atoms with E-state index < -0.39 is 5.82 Å². The van der Waals surface area contributed by atoms with Crippen molar-refractivity contribution < 1.29 is 13.9 Å². The molecule has 4 heterocycles. The molecule has 32 heavy (non-hydrogen) atoms. The first kappa shape index (κ1) is 22.2. The molecule has 4 aromatic rings. The lowest BCUT2D eigenvalue weighted by atomic mass is 9.93. The van der Waals surface area contributed by atoms with Gasteiger partial charge >= 0.3 is 0 Å². The number of carbonyl (C=O) groups excluding carboxylic acids is 1. The van der Waals surface area contributed by atoms with Crippen LogP contribution >= 0.6 is 11.3 Å². The Hall–Kier alpha value is -3.04. The Morgan fingerprint density at radius 2 is 1.94 bits per heavy atom. The Bertz CT molecular complexity index is 1260. The fourth-order valence-electron chi connectivity index (χ4n) is 4.21. The van der Waals surface area contributed by atoms with E-state index in [4.69, 9.17) is 14.5 Å². The summed E-state index contributed by atoms with van der Waals surface area (Å²) in [6, 6.07) is 8.32.